The number of carboxylic acids is 1. The maximum Gasteiger partial charge on any atom is 0.329 e. The molecule has 3 N–H and O–H groups in total. The van der Waals surface area contributed by atoms with Crippen LogP contribution in [0.25, 0.3) is 0 Å². The minimum atomic E-state index is -0.994. The molecule has 0 aromatic heterocycles. The fraction of sp³-hybridized carbons (Fsp3) is 0.818. The zero-order valence-corrected chi connectivity index (χ0v) is 10.1. The van der Waals surface area contributed by atoms with Gasteiger partial charge in [-0.15, -0.1) is 0 Å². The molecule has 1 saturated carbocycles. The minimum Gasteiger partial charge on any atom is -0.480 e. The molecule has 2 amide bonds. The first-order valence-corrected chi connectivity index (χ1v) is 5.55. The molecule has 0 heterocycles. The molecule has 5 nitrogen and oxygen atoms in total. The van der Waals surface area contributed by atoms with Crippen LogP contribution in [0.4, 0.5) is 4.79 Å². The van der Waals surface area contributed by atoms with Crippen molar-refractivity contribution in [2.45, 2.75) is 45.6 Å². The highest BCUT2D eigenvalue weighted by molar-refractivity contribution is 5.88. The second-order valence-corrected chi connectivity index (χ2v) is 5.58. The zero-order valence-electron chi connectivity index (χ0n) is 10.1. The molecule has 1 rings (SSSR count). The van der Waals surface area contributed by atoms with Crippen LogP contribution in [0.1, 0.15) is 40.0 Å². The summed E-state index contributed by atoms with van der Waals surface area (Å²) in [6, 6.07) is -0.385. The van der Waals surface area contributed by atoms with E-state index in [9.17, 15) is 9.59 Å². The van der Waals surface area contributed by atoms with Gasteiger partial charge >= 0.3 is 12.0 Å². The van der Waals surface area contributed by atoms with Gasteiger partial charge in [0.1, 0.15) is 5.54 Å². The quantitative estimate of drug-likeness (QED) is 0.679. The van der Waals surface area contributed by atoms with Gasteiger partial charge in [0.15, 0.2) is 0 Å². The van der Waals surface area contributed by atoms with Crippen LogP contribution < -0.4 is 10.6 Å². The molecule has 0 atom stereocenters. The van der Waals surface area contributed by atoms with Crippen LogP contribution in [-0.4, -0.2) is 29.2 Å². The van der Waals surface area contributed by atoms with Gasteiger partial charge in [0.05, 0.1) is 0 Å². The first-order valence-electron chi connectivity index (χ1n) is 5.55. The second-order valence-electron chi connectivity index (χ2n) is 5.58. The minimum absolute atomic E-state index is 0.164. The lowest BCUT2D eigenvalue weighted by atomic mass is 9.92. The lowest BCUT2D eigenvalue weighted by molar-refractivity contribution is -0.140. The van der Waals surface area contributed by atoms with Crippen LogP contribution in [0.3, 0.4) is 0 Å². The fourth-order valence-electron chi connectivity index (χ4n) is 1.33. The normalized spacial score (nSPS) is 17.7. The molecule has 0 saturated heterocycles. The molecule has 0 aliphatic heterocycles. The molecule has 1 fully saturated rings. The number of nitrogens with one attached hydrogen (secondary N) is 2. The fourth-order valence-corrected chi connectivity index (χ4v) is 1.33. The van der Waals surface area contributed by atoms with E-state index < -0.39 is 11.5 Å². The first kappa shape index (κ1) is 12.8. The van der Waals surface area contributed by atoms with Crippen molar-refractivity contribution in [3.63, 3.8) is 0 Å². The summed E-state index contributed by atoms with van der Waals surface area (Å²) in [5, 5.41) is 14.0. The van der Waals surface area contributed by atoms with Crippen molar-refractivity contribution in [3.05, 3.63) is 0 Å². The number of hydrogen-bond donors (Lipinski definition) is 3. The van der Waals surface area contributed by atoms with Gasteiger partial charge in [-0.05, 0) is 24.7 Å². The van der Waals surface area contributed by atoms with Gasteiger partial charge in [-0.2, -0.15) is 0 Å². The molecule has 0 radical (unpaired) electrons. The van der Waals surface area contributed by atoms with E-state index in [0.717, 1.165) is 6.42 Å². The summed E-state index contributed by atoms with van der Waals surface area (Å²) >= 11 is 0. The molecule has 92 valence electrons. The number of rotatable bonds is 4. The van der Waals surface area contributed by atoms with Gasteiger partial charge < -0.3 is 15.7 Å². The molecule has 0 bridgehead atoms. The molecule has 0 unspecified atom stereocenters. The van der Waals surface area contributed by atoms with Crippen molar-refractivity contribution in [3.8, 4) is 0 Å². The summed E-state index contributed by atoms with van der Waals surface area (Å²) in [6.45, 7) is 6.83. The van der Waals surface area contributed by atoms with Gasteiger partial charge in [-0.25, -0.2) is 9.59 Å². The molecular formula is C11H20N2O3. The summed E-state index contributed by atoms with van der Waals surface area (Å²) in [7, 11) is 0. The Morgan fingerprint density at radius 1 is 1.31 bits per heavy atom. The van der Waals surface area contributed by atoms with Crippen LogP contribution in [0, 0.1) is 5.41 Å². The monoisotopic (exact) mass is 228 g/mol. The second kappa shape index (κ2) is 4.31. The Kier molecular flexibility index (Phi) is 3.45. The average molecular weight is 228 g/mol. The van der Waals surface area contributed by atoms with E-state index >= 15 is 0 Å². The van der Waals surface area contributed by atoms with Crippen LogP contribution in [-0.2, 0) is 4.79 Å². The number of aliphatic carboxylic acids is 1. The number of amides is 2. The van der Waals surface area contributed by atoms with Gasteiger partial charge in [-0.3, -0.25) is 0 Å². The van der Waals surface area contributed by atoms with Gasteiger partial charge in [0, 0.05) is 6.54 Å². The summed E-state index contributed by atoms with van der Waals surface area (Å²) < 4.78 is 0. The van der Waals surface area contributed by atoms with Crippen molar-refractivity contribution in [1.29, 1.82) is 0 Å². The Balaban J connectivity index is 2.25. The molecule has 0 aromatic carbocycles. The summed E-state index contributed by atoms with van der Waals surface area (Å²) in [5.41, 5.74) is -0.830. The number of carbonyl (C=O) groups excluding carboxylic acids is 1. The molecule has 5 heteroatoms. The first-order chi connectivity index (χ1) is 7.25. The largest absolute Gasteiger partial charge is 0.480 e. The van der Waals surface area contributed by atoms with Crippen molar-refractivity contribution in [1.82, 2.24) is 10.6 Å². The van der Waals surface area contributed by atoms with Crippen LogP contribution in [0.15, 0.2) is 0 Å². The van der Waals surface area contributed by atoms with Crippen LogP contribution >= 0.6 is 0 Å². The smallest absolute Gasteiger partial charge is 0.329 e. The van der Waals surface area contributed by atoms with Crippen LogP contribution in [0.2, 0.25) is 0 Å². The van der Waals surface area contributed by atoms with E-state index in [-0.39, 0.29) is 11.4 Å². The zero-order chi connectivity index (χ0) is 12.4. The standard InChI is InChI=1S/C11H20N2O3/c1-10(2,3)6-7-12-9(16)13-11(4-5-11)8(14)15/h4-7H2,1-3H3,(H,14,15)(H2,12,13,16). The van der Waals surface area contributed by atoms with Crippen LogP contribution in [0.5, 0.6) is 0 Å². The highest BCUT2D eigenvalue weighted by Crippen LogP contribution is 2.35. The molecule has 1 aliphatic carbocycles. The third kappa shape index (κ3) is 3.72. The van der Waals surface area contributed by atoms with E-state index in [1.165, 1.54) is 0 Å². The maximum absolute atomic E-state index is 11.4. The predicted octanol–water partition coefficient (Wildman–Crippen LogP) is 1.34. The Hall–Kier alpha value is -1.26. The number of carboxylic acid groups (broad SMARTS) is 1. The number of carbonyl (C=O) groups is 2. The summed E-state index contributed by atoms with van der Waals surface area (Å²) in [6.07, 6.45) is 1.91. The van der Waals surface area contributed by atoms with Gasteiger partial charge in [-0.1, -0.05) is 20.8 Å². The van der Waals surface area contributed by atoms with E-state index in [4.69, 9.17) is 5.11 Å². The Morgan fingerprint density at radius 3 is 2.25 bits per heavy atom. The Morgan fingerprint density at radius 2 is 1.88 bits per heavy atom. The van der Waals surface area contributed by atoms with Crippen molar-refractivity contribution in [2.24, 2.45) is 5.41 Å². The third-order valence-electron chi connectivity index (χ3n) is 2.67. The van der Waals surface area contributed by atoms with E-state index in [1.54, 1.807) is 0 Å². The van der Waals surface area contributed by atoms with Crippen molar-refractivity contribution in [2.75, 3.05) is 6.54 Å². The molecule has 0 aromatic rings. The molecular weight excluding hydrogens is 208 g/mol. The molecule has 0 spiro atoms. The lowest BCUT2D eigenvalue weighted by Crippen LogP contribution is -2.48. The number of urea groups is 1. The van der Waals surface area contributed by atoms with Gasteiger partial charge in [0.2, 0.25) is 0 Å². The molecule has 1 aliphatic rings. The summed E-state index contributed by atoms with van der Waals surface area (Å²) in [4.78, 5) is 22.2. The summed E-state index contributed by atoms with van der Waals surface area (Å²) in [5.74, 6) is -0.946. The van der Waals surface area contributed by atoms with Gasteiger partial charge in [0.25, 0.3) is 0 Å². The lowest BCUT2D eigenvalue weighted by Gasteiger charge is -2.19. The topological polar surface area (TPSA) is 78.4 Å². The molecule has 16 heavy (non-hydrogen) atoms. The van der Waals surface area contributed by atoms with Crippen molar-refractivity contribution < 1.29 is 14.7 Å². The third-order valence-corrected chi connectivity index (χ3v) is 2.67. The SMILES string of the molecule is CC(C)(C)CCNC(=O)NC1(C(=O)O)CC1. The highest BCUT2D eigenvalue weighted by atomic mass is 16.4. The Labute approximate surface area is 95.6 Å². The highest BCUT2D eigenvalue weighted by Gasteiger charge is 2.51. The average Bonchev–Trinajstić information content (AvgIpc) is 2.82. The van der Waals surface area contributed by atoms with E-state index in [2.05, 4.69) is 31.4 Å². The van der Waals surface area contributed by atoms with Crippen molar-refractivity contribution >= 4 is 12.0 Å². The maximum atomic E-state index is 11.4. The Bertz CT molecular complexity index is 290. The predicted molar refractivity (Wildman–Crippen MR) is 60.2 cm³/mol. The van der Waals surface area contributed by atoms with E-state index in [1.807, 2.05) is 0 Å². The van der Waals surface area contributed by atoms with E-state index in [0.29, 0.717) is 19.4 Å². The number of hydrogen-bond acceptors (Lipinski definition) is 2.